The Labute approximate surface area is 128 Å². The van der Waals surface area contributed by atoms with Crippen LogP contribution in [-0.4, -0.2) is 11.7 Å². The summed E-state index contributed by atoms with van der Waals surface area (Å²) in [6.45, 7) is 0.679. The fourth-order valence-electron chi connectivity index (χ4n) is 1.72. The first-order valence-corrected chi connectivity index (χ1v) is 6.97. The number of rotatable bonds is 4. The van der Waals surface area contributed by atoms with Gasteiger partial charge in [0, 0.05) is 11.6 Å². The number of thiocarbonyl (C=S) groups is 1. The SMILES string of the molecule is Fc1ccc(Cl)cc1NC(=S)NCCc1ccccc1. The molecule has 2 aromatic rings. The number of halogens is 2. The fraction of sp³-hybridized carbons (Fsp3) is 0.133. The Bertz CT molecular complexity index is 590. The van der Waals surface area contributed by atoms with Crippen LogP contribution in [0.1, 0.15) is 5.56 Å². The van der Waals surface area contributed by atoms with Gasteiger partial charge in [0.1, 0.15) is 5.82 Å². The molecule has 0 fully saturated rings. The van der Waals surface area contributed by atoms with Crippen LogP contribution in [0.25, 0.3) is 0 Å². The molecule has 0 aliphatic heterocycles. The maximum Gasteiger partial charge on any atom is 0.170 e. The highest BCUT2D eigenvalue weighted by atomic mass is 35.5. The summed E-state index contributed by atoms with van der Waals surface area (Å²) < 4.78 is 13.5. The van der Waals surface area contributed by atoms with Crippen molar-refractivity contribution in [3.05, 3.63) is 64.9 Å². The minimum Gasteiger partial charge on any atom is -0.362 e. The largest absolute Gasteiger partial charge is 0.362 e. The minimum atomic E-state index is -0.387. The fourth-order valence-corrected chi connectivity index (χ4v) is 2.11. The van der Waals surface area contributed by atoms with Crippen LogP contribution in [0, 0.1) is 5.82 Å². The topological polar surface area (TPSA) is 24.1 Å². The molecular weight excluding hydrogens is 295 g/mol. The first kappa shape index (κ1) is 14.8. The van der Waals surface area contributed by atoms with Gasteiger partial charge in [0.2, 0.25) is 0 Å². The summed E-state index contributed by atoms with van der Waals surface area (Å²) in [5.41, 5.74) is 1.49. The van der Waals surface area contributed by atoms with Crippen molar-refractivity contribution in [2.24, 2.45) is 0 Å². The molecule has 20 heavy (non-hydrogen) atoms. The molecule has 0 radical (unpaired) electrons. The molecule has 2 nitrogen and oxygen atoms in total. The van der Waals surface area contributed by atoms with E-state index in [1.807, 2.05) is 18.2 Å². The van der Waals surface area contributed by atoms with Gasteiger partial charge < -0.3 is 10.6 Å². The lowest BCUT2D eigenvalue weighted by Crippen LogP contribution is -2.30. The Morgan fingerprint density at radius 1 is 1.15 bits per heavy atom. The summed E-state index contributed by atoms with van der Waals surface area (Å²) in [6.07, 6.45) is 0.848. The van der Waals surface area contributed by atoms with E-state index in [-0.39, 0.29) is 11.5 Å². The average Bonchev–Trinajstić information content (AvgIpc) is 2.44. The van der Waals surface area contributed by atoms with Gasteiger partial charge in [-0.15, -0.1) is 0 Å². The molecule has 0 atom stereocenters. The molecule has 5 heteroatoms. The van der Waals surface area contributed by atoms with E-state index in [1.165, 1.54) is 23.8 Å². The predicted octanol–water partition coefficient (Wildman–Crippen LogP) is 4.01. The Kier molecular flexibility index (Phi) is 5.32. The van der Waals surface area contributed by atoms with Crippen LogP contribution >= 0.6 is 23.8 Å². The highest BCUT2D eigenvalue weighted by Gasteiger charge is 2.04. The van der Waals surface area contributed by atoms with Crippen molar-refractivity contribution in [2.75, 3.05) is 11.9 Å². The molecule has 0 aromatic heterocycles. The molecule has 0 bridgehead atoms. The van der Waals surface area contributed by atoms with Crippen LogP contribution in [0.15, 0.2) is 48.5 Å². The highest BCUT2D eigenvalue weighted by Crippen LogP contribution is 2.19. The number of hydrogen-bond donors (Lipinski definition) is 2. The van der Waals surface area contributed by atoms with E-state index >= 15 is 0 Å². The van der Waals surface area contributed by atoms with Gasteiger partial charge in [0.05, 0.1) is 5.69 Å². The van der Waals surface area contributed by atoms with E-state index in [4.69, 9.17) is 23.8 Å². The van der Waals surface area contributed by atoms with Gasteiger partial charge in [-0.05, 0) is 42.4 Å². The molecule has 0 saturated heterocycles. The van der Waals surface area contributed by atoms with Gasteiger partial charge in [0.25, 0.3) is 0 Å². The summed E-state index contributed by atoms with van der Waals surface area (Å²) in [5.74, 6) is -0.387. The second-order valence-corrected chi connectivity index (χ2v) is 5.09. The second-order valence-electron chi connectivity index (χ2n) is 4.24. The quantitative estimate of drug-likeness (QED) is 0.835. The Balaban J connectivity index is 1.82. The van der Waals surface area contributed by atoms with Crippen LogP contribution in [0.4, 0.5) is 10.1 Å². The van der Waals surface area contributed by atoms with Crippen LogP contribution in [0.3, 0.4) is 0 Å². The molecule has 0 unspecified atom stereocenters. The molecule has 0 aliphatic rings. The lowest BCUT2D eigenvalue weighted by Gasteiger charge is -2.11. The molecule has 104 valence electrons. The molecule has 2 N–H and O–H groups in total. The van der Waals surface area contributed by atoms with E-state index in [1.54, 1.807) is 0 Å². The molecule has 2 rings (SSSR count). The third kappa shape index (κ3) is 4.47. The van der Waals surface area contributed by atoms with Crippen molar-refractivity contribution >= 4 is 34.6 Å². The number of benzene rings is 2. The van der Waals surface area contributed by atoms with Crippen molar-refractivity contribution in [1.82, 2.24) is 5.32 Å². The summed E-state index contributed by atoms with van der Waals surface area (Å²) in [6, 6.07) is 14.4. The molecule has 0 saturated carbocycles. The van der Waals surface area contributed by atoms with E-state index in [0.717, 1.165) is 6.42 Å². The molecule has 0 heterocycles. The van der Waals surface area contributed by atoms with Crippen LogP contribution in [-0.2, 0) is 6.42 Å². The molecule has 0 amide bonds. The van der Waals surface area contributed by atoms with Crippen molar-refractivity contribution in [3.8, 4) is 0 Å². The average molecular weight is 309 g/mol. The molecule has 2 aromatic carbocycles. The summed E-state index contributed by atoms with van der Waals surface area (Å²) in [4.78, 5) is 0. The van der Waals surface area contributed by atoms with Crippen LogP contribution < -0.4 is 10.6 Å². The van der Waals surface area contributed by atoms with Crippen molar-refractivity contribution in [1.29, 1.82) is 0 Å². The smallest absolute Gasteiger partial charge is 0.170 e. The lowest BCUT2D eigenvalue weighted by atomic mass is 10.1. The van der Waals surface area contributed by atoms with Gasteiger partial charge in [0.15, 0.2) is 5.11 Å². The number of anilines is 1. The minimum absolute atomic E-state index is 0.273. The summed E-state index contributed by atoms with van der Waals surface area (Å²) in [7, 11) is 0. The van der Waals surface area contributed by atoms with E-state index < -0.39 is 0 Å². The van der Waals surface area contributed by atoms with E-state index in [9.17, 15) is 4.39 Å². The first-order chi connectivity index (χ1) is 9.65. The number of hydrogen-bond acceptors (Lipinski definition) is 1. The molecule has 0 spiro atoms. The molecule has 0 aliphatic carbocycles. The Morgan fingerprint density at radius 2 is 1.90 bits per heavy atom. The van der Waals surface area contributed by atoms with Crippen molar-refractivity contribution in [2.45, 2.75) is 6.42 Å². The van der Waals surface area contributed by atoms with E-state index in [0.29, 0.717) is 16.7 Å². The zero-order chi connectivity index (χ0) is 14.4. The van der Waals surface area contributed by atoms with Crippen molar-refractivity contribution < 1.29 is 4.39 Å². The third-order valence-corrected chi connectivity index (χ3v) is 3.20. The summed E-state index contributed by atoms with van der Waals surface area (Å²) >= 11 is 10.9. The second kappa shape index (κ2) is 7.22. The van der Waals surface area contributed by atoms with Gasteiger partial charge in [-0.25, -0.2) is 4.39 Å². The van der Waals surface area contributed by atoms with Crippen molar-refractivity contribution in [3.63, 3.8) is 0 Å². The summed E-state index contributed by atoms with van der Waals surface area (Å²) in [5, 5.41) is 6.67. The zero-order valence-electron chi connectivity index (χ0n) is 10.7. The van der Waals surface area contributed by atoms with Crippen LogP contribution in [0.2, 0.25) is 5.02 Å². The van der Waals surface area contributed by atoms with Gasteiger partial charge in [-0.3, -0.25) is 0 Å². The Morgan fingerprint density at radius 3 is 2.65 bits per heavy atom. The standard InChI is InChI=1S/C15H14ClFN2S/c16-12-6-7-13(17)14(10-12)19-15(20)18-9-8-11-4-2-1-3-5-11/h1-7,10H,8-9H2,(H2,18,19,20). The lowest BCUT2D eigenvalue weighted by molar-refractivity contribution is 0.632. The maximum absolute atomic E-state index is 13.5. The zero-order valence-corrected chi connectivity index (χ0v) is 12.3. The highest BCUT2D eigenvalue weighted by molar-refractivity contribution is 7.80. The van der Waals surface area contributed by atoms with E-state index in [2.05, 4.69) is 22.8 Å². The monoisotopic (exact) mass is 308 g/mol. The van der Waals surface area contributed by atoms with Gasteiger partial charge in [-0.1, -0.05) is 41.9 Å². The molecular formula is C15H14ClFN2S. The third-order valence-electron chi connectivity index (χ3n) is 2.72. The van der Waals surface area contributed by atoms with Gasteiger partial charge >= 0.3 is 0 Å². The Hall–Kier alpha value is -1.65. The predicted molar refractivity (Wildman–Crippen MR) is 85.8 cm³/mol. The normalized spacial score (nSPS) is 10.1. The van der Waals surface area contributed by atoms with Gasteiger partial charge in [-0.2, -0.15) is 0 Å². The first-order valence-electron chi connectivity index (χ1n) is 6.19. The maximum atomic E-state index is 13.5. The number of nitrogens with one attached hydrogen (secondary N) is 2. The van der Waals surface area contributed by atoms with Crippen LogP contribution in [0.5, 0.6) is 0 Å².